The molecule has 1 heterocycles. The summed E-state index contributed by atoms with van der Waals surface area (Å²) in [6.45, 7) is 2.59. The SMILES string of the molecule is Cc1ccc(S(=O)(=O)OCC(COS(=O)(=O)c2ccc(C)cc2)O/N=C/c2cccc3cccnc23)cc1. The number of benzene rings is 3. The van der Waals surface area contributed by atoms with Crippen LogP contribution >= 0.6 is 0 Å². The van der Waals surface area contributed by atoms with Crippen LogP contribution in [0.15, 0.2) is 100 Å². The van der Waals surface area contributed by atoms with Gasteiger partial charge in [-0.15, -0.1) is 0 Å². The maximum atomic E-state index is 12.7. The molecule has 0 aliphatic rings. The minimum absolute atomic E-state index is 0.0413. The molecular formula is C27H26N2O7S2. The average molecular weight is 555 g/mol. The topological polar surface area (TPSA) is 121 Å². The summed E-state index contributed by atoms with van der Waals surface area (Å²) in [6, 6.07) is 21.5. The van der Waals surface area contributed by atoms with E-state index >= 15 is 0 Å². The van der Waals surface area contributed by atoms with Gasteiger partial charge >= 0.3 is 0 Å². The molecule has 3 aromatic carbocycles. The molecule has 0 spiro atoms. The Morgan fingerprint density at radius 1 is 0.763 bits per heavy atom. The zero-order valence-electron chi connectivity index (χ0n) is 20.7. The Balaban J connectivity index is 1.51. The van der Waals surface area contributed by atoms with Gasteiger partial charge in [0.05, 0.1) is 21.5 Å². The molecule has 0 bridgehead atoms. The molecule has 198 valence electrons. The molecule has 0 amide bonds. The van der Waals surface area contributed by atoms with Crippen molar-refractivity contribution in [3.63, 3.8) is 0 Å². The van der Waals surface area contributed by atoms with Gasteiger partial charge in [0.25, 0.3) is 20.2 Å². The predicted octanol–water partition coefficient (Wildman–Crippen LogP) is 4.38. The predicted molar refractivity (Wildman–Crippen MR) is 143 cm³/mol. The number of pyridine rings is 1. The summed E-state index contributed by atoms with van der Waals surface area (Å²) >= 11 is 0. The van der Waals surface area contributed by atoms with Crippen molar-refractivity contribution in [2.45, 2.75) is 29.7 Å². The Bertz CT molecular complexity index is 1550. The first-order valence-electron chi connectivity index (χ1n) is 11.6. The number of hydrogen-bond acceptors (Lipinski definition) is 9. The van der Waals surface area contributed by atoms with Gasteiger partial charge in [0, 0.05) is 17.1 Å². The summed E-state index contributed by atoms with van der Waals surface area (Å²) in [5.41, 5.74) is 3.12. The summed E-state index contributed by atoms with van der Waals surface area (Å²) in [6.07, 6.45) is 1.89. The third-order valence-electron chi connectivity index (χ3n) is 5.50. The van der Waals surface area contributed by atoms with Gasteiger partial charge in [-0.3, -0.25) is 13.4 Å². The van der Waals surface area contributed by atoms with E-state index in [0.29, 0.717) is 11.1 Å². The molecular weight excluding hydrogens is 528 g/mol. The summed E-state index contributed by atoms with van der Waals surface area (Å²) in [5.74, 6) is 0. The van der Waals surface area contributed by atoms with Crippen molar-refractivity contribution in [1.82, 2.24) is 4.98 Å². The van der Waals surface area contributed by atoms with Crippen molar-refractivity contribution in [3.8, 4) is 0 Å². The average Bonchev–Trinajstić information content (AvgIpc) is 2.90. The van der Waals surface area contributed by atoms with E-state index in [4.69, 9.17) is 13.2 Å². The highest BCUT2D eigenvalue weighted by Gasteiger charge is 2.23. The highest BCUT2D eigenvalue weighted by molar-refractivity contribution is 7.87. The number of para-hydroxylation sites is 1. The van der Waals surface area contributed by atoms with E-state index < -0.39 is 39.6 Å². The van der Waals surface area contributed by atoms with Crippen molar-refractivity contribution >= 4 is 37.4 Å². The lowest BCUT2D eigenvalue weighted by Crippen LogP contribution is -2.27. The smallest absolute Gasteiger partial charge is 0.297 e. The van der Waals surface area contributed by atoms with E-state index in [-0.39, 0.29) is 9.79 Å². The van der Waals surface area contributed by atoms with E-state index in [1.807, 2.05) is 38.1 Å². The van der Waals surface area contributed by atoms with Crippen LogP contribution < -0.4 is 0 Å². The number of hydrogen-bond donors (Lipinski definition) is 0. The van der Waals surface area contributed by atoms with Crippen molar-refractivity contribution in [2.24, 2.45) is 5.16 Å². The largest absolute Gasteiger partial charge is 0.387 e. The highest BCUT2D eigenvalue weighted by Crippen LogP contribution is 2.18. The molecule has 9 nitrogen and oxygen atoms in total. The molecule has 0 aliphatic heterocycles. The van der Waals surface area contributed by atoms with Gasteiger partial charge in [0.15, 0.2) is 6.10 Å². The van der Waals surface area contributed by atoms with Crippen LogP contribution in [0, 0.1) is 13.8 Å². The molecule has 0 fully saturated rings. The fourth-order valence-corrected chi connectivity index (χ4v) is 5.26. The minimum Gasteiger partial charge on any atom is -0.387 e. The van der Waals surface area contributed by atoms with E-state index in [1.54, 1.807) is 36.5 Å². The Morgan fingerprint density at radius 2 is 1.29 bits per heavy atom. The summed E-state index contributed by atoms with van der Waals surface area (Å²) in [7, 11) is -8.27. The van der Waals surface area contributed by atoms with Crippen LogP contribution in [-0.2, 0) is 33.4 Å². The molecule has 0 aliphatic carbocycles. The maximum absolute atomic E-state index is 12.7. The fourth-order valence-electron chi connectivity index (χ4n) is 3.39. The molecule has 38 heavy (non-hydrogen) atoms. The van der Waals surface area contributed by atoms with E-state index in [2.05, 4.69) is 10.1 Å². The monoisotopic (exact) mass is 554 g/mol. The van der Waals surface area contributed by atoms with Crippen molar-refractivity contribution in [2.75, 3.05) is 13.2 Å². The summed E-state index contributed by atoms with van der Waals surface area (Å²) in [5, 5.41) is 4.84. The second-order valence-corrected chi connectivity index (χ2v) is 11.7. The summed E-state index contributed by atoms with van der Waals surface area (Å²) in [4.78, 5) is 9.72. The van der Waals surface area contributed by atoms with Crippen LogP contribution in [0.25, 0.3) is 10.9 Å². The van der Waals surface area contributed by atoms with E-state index in [9.17, 15) is 16.8 Å². The number of oxime groups is 1. The van der Waals surface area contributed by atoms with Crippen LogP contribution in [0.1, 0.15) is 16.7 Å². The second kappa shape index (κ2) is 11.8. The van der Waals surface area contributed by atoms with E-state index in [1.165, 1.54) is 30.5 Å². The zero-order valence-corrected chi connectivity index (χ0v) is 22.4. The number of aromatic nitrogens is 1. The molecule has 11 heteroatoms. The molecule has 0 saturated carbocycles. The Hall–Kier alpha value is -3.64. The van der Waals surface area contributed by atoms with Gasteiger partial charge in [-0.1, -0.05) is 64.8 Å². The normalized spacial score (nSPS) is 12.4. The van der Waals surface area contributed by atoms with Crippen LogP contribution in [-0.4, -0.2) is 47.4 Å². The molecule has 0 radical (unpaired) electrons. The standard InChI is InChI=1S/C27H26N2O7S2/c1-20-8-12-25(13-9-20)37(30,31)34-18-24(19-35-38(32,33)26-14-10-21(2)11-15-26)36-29-17-23-6-3-5-22-7-4-16-28-27(22)23/h3-17,24H,18-19H2,1-2H3/b29-17+. The van der Waals surface area contributed by atoms with Crippen LogP contribution in [0.5, 0.6) is 0 Å². The Labute approximate surface area is 221 Å². The lowest BCUT2D eigenvalue weighted by molar-refractivity contribution is -0.000826. The second-order valence-electron chi connectivity index (χ2n) is 8.49. The quantitative estimate of drug-likeness (QED) is 0.152. The van der Waals surface area contributed by atoms with Crippen LogP contribution in [0.2, 0.25) is 0 Å². The minimum atomic E-state index is -4.14. The van der Waals surface area contributed by atoms with Crippen molar-refractivity contribution in [1.29, 1.82) is 0 Å². The van der Waals surface area contributed by atoms with Gasteiger partial charge in [-0.05, 0) is 44.2 Å². The number of rotatable bonds is 11. The van der Waals surface area contributed by atoms with Crippen LogP contribution in [0.3, 0.4) is 0 Å². The maximum Gasteiger partial charge on any atom is 0.297 e. The highest BCUT2D eigenvalue weighted by atomic mass is 32.2. The zero-order chi connectivity index (χ0) is 27.2. The number of nitrogens with zero attached hydrogens (tertiary/aromatic N) is 2. The molecule has 0 N–H and O–H groups in total. The molecule has 1 aromatic heterocycles. The van der Waals surface area contributed by atoms with Crippen LogP contribution in [0.4, 0.5) is 0 Å². The third-order valence-corrected chi connectivity index (χ3v) is 8.09. The lowest BCUT2D eigenvalue weighted by Gasteiger charge is -2.16. The Kier molecular flexibility index (Phi) is 8.52. The van der Waals surface area contributed by atoms with Crippen molar-refractivity contribution in [3.05, 3.63) is 102 Å². The van der Waals surface area contributed by atoms with Crippen molar-refractivity contribution < 1.29 is 30.0 Å². The Morgan fingerprint density at radius 3 is 1.84 bits per heavy atom. The number of aryl methyl sites for hydroxylation is 2. The fraction of sp³-hybridized carbons (Fsp3) is 0.185. The molecule has 0 atom stereocenters. The van der Waals surface area contributed by atoms with E-state index in [0.717, 1.165) is 16.5 Å². The first-order valence-corrected chi connectivity index (χ1v) is 14.4. The van der Waals surface area contributed by atoms with Gasteiger partial charge in [-0.2, -0.15) is 16.8 Å². The molecule has 4 aromatic rings. The van der Waals surface area contributed by atoms with Gasteiger partial charge in [0.2, 0.25) is 0 Å². The summed E-state index contributed by atoms with van der Waals surface area (Å²) < 4.78 is 61.0. The van der Waals surface area contributed by atoms with Gasteiger partial charge < -0.3 is 4.84 Å². The number of fused-ring (bicyclic) bond motifs is 1. The molecule has 0 unspecified atom stereocenters. The van der Waals surface area contributed by atoms with Gasteiger partial charge in [0.1, 0.15) is 13.2 Å². The molecule has 0 saturated heterocycles. The first kappa shape index (κ1) is 27.4. The molecule has 4 rings (SSSR count). The third kappa shape index (κ3) is 7.01. The van der Waals surface area contributed by atoms with Gasteiger partial charge in [-0.25, -0.2) is 0 Å². The first-order chi connectivity index (χ1) is 18.1. The lowest BCUT2D eigenvalue weighted by atomic mass is 10.1.